The Morgan fingerprint density at radius 3 is 1.96 bits per heavy atom. The fourth-order valence-electron chi connectivity index (χ4n) is 2.79. The second-order valence-electron chi connectivity index (χ2n) is 5.82. The van der Waals surface area contributed by atoms with Gasteiger partial charge in [-0.2, -0.15) is 0 Å². The zero-order valence-electron chi connectivity index (χ0n) is 14.3. The van der Waals surface area contributed by atoms with E-state index in [2.05, 4.69) is 5.32 Å². The van der Waals surface area contributed by atoms with Crippen LogP contribution in [0.5, 0.6) is 5.75 Å². The smallest absolute Gasteiger partial charge is 0.232 e. The van der Waals surface area contributed by atoms with Crippen LogP contribution >= 0.6 is 11.6 Å². The normalized spacial score (nSPS) is 10.5. The van der Waals surface area contributed by atoms with E-state index in [0.717, 1.165) is 11.1 Å². The molecule has 0 unspecified atom stereocenters. The van der Waals surface area contributed by atoms with Crippen molar-refractivity contribution in [2.45, 2.75) is 5.92 Å². The lowest BCUT2D eigenvalue weighted by molar-refractivity contribution is -0.121. The highest BCUT2D eigenvalue weighted by molar-refractivity contribution is 6.32. The quantitative estimate of drug-likeness (QED) is 0.618. The molecule has 4 heteroatoms. The van der Waals surface area contributed by atoms with Crippen LogP contribution in [-0.4, -0.2) is 19.1 Å². The number of hydrogen-bond donors (Lipinski definition) is 1. The summed E-state index contributed by atoms with van der Waals surface area (Å²) in [4.78, 5) is 12.8. The van der Waals surface area contributed by atoms with Crippen LogP contribution in [0, 0.1) is 0 Å². The second kappa shape index (κ2) is 9.07. The number of benzene rings is 3. The van der Waals surface area contributed by atoms with Crippen LogP contribution in [0.25, 0.3) is 0 Å². The van der Waals surface area contributed by atoms with Crippen LogP contribution < -0.4 is 10.1 Å². The summed E-state index contributed by atoms with van der Waals surface area (Å²) >= 11 is 6.06. The van der Waals surface area contributed by atoms with Crippen molar-refractivity contribution in [3.8, 4) is 5.75 Å². The Labute approximate surface area is 158 Å². The molecular formula is C22H20ClNO2. The van der Waals surface area contributed by atoms with Gasteiger partial charge in [0.25, 0.3) is 0 Å². The minimum Gasteiger partial charge on any atom is -0.490 e. The molecule has 0 aliphatic rings. The summed E-state index contributed by atoms with van der Waals surface area (Å²) in [7, 11) is 0. The lowest BCUT2D eigenvalue weighted by Crippen LogP contribution is -2.33. The first-order chi connectivity index (χ1) is 12.8. The largest absolute Gasteiger partial charge is 0.490 e. The third-order valence-corrected chi connectivity index (χ3v) is 4.34. The van der Waals surface area contributed by atoms with E-state index >= 15 is 0 Å². The first-order valence-corrected chi connectivity index (χ1v) is 8.88. The predicted octanol–water partition coefficient (Wildman–Crippen LogP) is 4.67. The van der Waals surface area contributed by atoms with Gasteiger partial charge in [0.1, 0.15) is 12.4 Å². The molecule has 3 aromatic carbocycles. The first kappa shape index (κ1) is 18.0. The van der Waals surface area contributed by atoms with Crippen molar-refractivity contribution < 1.29 is 9.53 Å². The molecule has 0 bridgehead atoms. The van der Waals surface area contributed by atoms with Crippen molar-refractivity contribution in [2.75, 3.05) is 13.2 Å². The molecule has 0 aliphatic heterocycles. The Morgan fingerprint density at radius 1 is 0.846 bits per heavy atom. The summed E-state index contributed by atoms with van der Waals surface area (Å²) in [5.74, 6) is 0.217. The van der Waals surface area contributed by atoms with E-state index in [1.165, 1.54) is 0 Å². The van der Waals surface area contributed by atoms with Crippen molar-refractivity contribution in [2.24, 2.45) is 0 Å². The Kier molecular flexibility index (Phi) is 6.29. The van der Waals surface area contributed by atoms with Gasteiger partial charge in [0.2, 0.25) is 5.91 Å². The topological polar surface area (TPSA) is 38.3 Å². The van der Waals surface area contributed by atoms with Gasteiger partial charge in [0, 0.05) is 0 Å². The second-order valence-corrected chi connectivity index (χ2v) is 6.23. The number of halogens is 1. The van der Waals surface area contributed by atoms with Crippen LogP contribution in [-0.2, 0) is 4.79 Å². The first-order valence-electron chi connectivity index (χ1n) is 8.50. The lowest BCUT2D eigenvalue weighted by Gasteiger charge is -2.18. The zero-order valence-corrected chi connectivity index (χ0v) is 15.0. The van der Waals surface area contributed by atoms with Crippen molar-refractivity contribution in [3.63, 3.8) is 0 Å². The molecule has 132 valence electrons. The molecule has 1 amide bonds. The third-order valence-electron chi connectivity index (χ3n) is 4.02. The van der Waals surface area contributed by atoms with Gasteiger partial charge in [-0.3, -0.25) is 4.79 Å². The molecule has 26 heavy (non-hydrogen) atoms. The van der Waals surface area contributed by atoms with Crippen LogP contribution in [0.2, 0.25) is 5.02 Å². The van der Waals surface area contributed by atoms with Gasteiger partial charge in [0.05, 0.1) is 17.5 Å². The van der Waals surface area contributed by atoms with Gasteiger partial charge in [-0.15, -0.1) is 0 Å². The van der Waals surface area contributed by atoms with Gasteiger partial charge >= 0.3 is 0 Å². The number of amides is 1. The molecule has 0 saturated heterocycles. The molecule has 3 aromatic rings. The van der Waals surface area contributed by atoms with E-state index in [9.17, 15) is 4.79 Å². The standard InChI is InChI=1S/C22H20ClNO2/c23-19-13-7-8-14-20(19)26-16-15-24-22(25)21(17-9-3-1-4-10-17)18-11-5-2-6-12-18/h1-14,21H,15-16H2,(H,24,25). The van der Waals surface area contributed by atoms with Crippen LogP contribution in [0.1, 0.15) is 17.0 Å². The highest BCUT2D eigenvalue weighted by Crippen LogP contribution is 2.25. The SMILES string of the molecule is O=C(NCCOc1ccccc1Cl)C(c1ccccc1)c1ccccc1. The Morgan fingerprint density at radius 2 is 1.38 bits per heavy atom. The maximum atomic E-state index is 12.8. The van der Waals surface area contributed by atoms with E-state index in [1.54, 1.807) is 12.1 Å². The average molecular weight is 366 g/mol. The van der Waals surface area contributed by atoms with E-state index in [0.29, 0.717) is 23.9 Å². The van der Waals surface area contributed by atoms with E-state index in [-0.39, 0.29) is 11.8 Å². The highest BCUT2D eigenvalue weighted by atomic mass is 35.5. The maximum Gasteiger partial charge on any atom is 0.232 e. The van der Waals surface area contributed by atoms with Crippen LogP contribution in [0.3, 0.4) is 0 Å². The fraction of sp³-hybridized carbons (Fsp3) is 0.136. The summed E-state index contributed by atoms with van der Waals surface area (Å²) in [6, 6.07) is 26.8. The number of hydrogen-bond acceptors (Lipinski definition) is 2. The highest BCUT2D eigenvalue weighted by Gasteiger charge is 2.22. The van der Waals surface area contributed by atoms with E-state index < -0.39 is 0 Å². The fourth-order valence-corrected chi connectivity index (χ4v) is 2.98. The van der Waals surface area contributed by atoms with Gasteiger partial charge in [0.15, 0.2) is 0 Å². The molecule has 1 N–H and O–H groups in total. The van der Waals surface area contributed by atoms with Crippen molar-refractivity contribution in [3.05, 3.63) is 101 Å². The monoisotopic (exact) mass is 365 g/mol. The van der Waals surface area contributed by atoms with Crippen molar-refractivity contribution in [1.82, 2.24) is 5.32 Å². The Bertz CT molecular complexity index is 798. The van der Waals surface area contributed by atoms with Crippen LogP contribution in [0.15, 0.2) is 84.9 Å². The van der Waals surface area contributed by atoms with Gasteiger partial charge < -0.3 is 10.1 Å². The molecule has 3 nitrogen and oxygen atoms in total. The van der Waals surface area contributed by atoms with Gasteiger partial charge in [-0.05, 0) is 23.3 Å². The Balaban J connectivity index is 1.64. The number of rotatable bonds is 7. The minimum absolute atomic E-state index is 0.0508. The molecule has 3 rings (SSSR count). The molecule has 0 saturated carbocycles. The number of ether oxygens (including phenoxy) is 1. The summed E-state index contributed by atoms with van der Waals surface area (Å²) < 4.78 is 5.63. The lowest BCUT2D eigenvalue weighted by atomic mass is 9.90. The predicted molar refractivity (Wildman–Crippen MR) is 105 cm³/mol. The maximum absolute atomic E-state index is 12.8. The van der Waals surface area contributed by atoms with Crippen molar-refractivity contribution >= 4 is 17.5 Å². The Hall–Kier alpha value is -2.78. The summed E-state index contributed by atoms with van der Waals surface area (Å²) in [5, 5.41) is 3.52. The molecule has 0 radical (unpaired) electrons. The molecule has 0 fully saturated rings. The van der Waals surface area contributed by atoms with Crippen LogP contribution in [0.4, 0.5) is 0 Å². The number of nitrogens with one attached hydrogen (secondary N) is 1. The van der Waals surface area contributed by atoms with Crippen molar-refractivity contribution in [1.29, 1.82) is 0 Å². The van der Waals surface area contributed by atoms with E-state index in [1.807, 2.05) is 72.8 Å². The minimum atomic E-state index is -0.349. The molecular weight excluding hydrogens is 346 g/mol. The molecule has 0 aromatic heterocycles. The summed E-state index contributed by atoms with van der Waals surface area (Å²) in [6.45, 7) is 0.756. The molecule has 0 heterocycles. The van der Waals surface area contributed by atoms with Gasteiger partial charge in [-0.1, -0.05) is 84.4 Å². The molecule has 0 atom stereocenters. The summed E-state index contributed by atoms with van der Waals surface area (Å²) in [5.41, 5.74) is 1.92. The summed E-state index contributed by atoms with van der Waals surface area (Å²) in [6.07, 6.45) is 0. The average Bonchev–Trinajstić information content (AvgIpc) is 2.68. The molecule has 0 spiro atoms. The zero-order chi connectivity index (χ0) is 18.2. The van der Waals surface area contributed by atoms with E-state index in [4.69, 9.17) is 16.3 Å². The third kappa shape index (κ3) is 4.64. The molecule has 0 aliphatic carbocycles. The van der Waals surface area contributed by atoms with Gasteiger partial charge in [-0.25, -0.2) is 0 Å². The number of carbonyl (C=O) groups is 1. The number of carbonyl (C=O) groups excluding carboxylic acids is 1. The number of para-hydroxylation sites is 1.